The van der Waals surface area contributed by atoms with Gasteiger partial charge in [-0.25, -0.2) is 4.79 Å². The van der Waals surface area contributed by atoms with E-state index in [4.69, 9.17) is 0 Å². The maximum atomic E-state index is 12.4. The number of nitro benzene ring substituents is 1. The molecule has 1 aliphatic rings. The van der Waals surface area contributed by atoms with E-state index in [2.05, 4.69) is 10.6 Å². The second-order valence-electron chi connectivity index (χ2n) is 5.08. The minimum absolute atomic E-state index is 0.0302. The molecule has 1 unspecified atom stereocenters. The summed E-state index contributed by atoms with van der Waals surface area (Å²) < 4.78 is 0. The number of hydrogen-bond donors (Lipinski definition) is 2. The van der Waals surface area contributed by atoms with E-state index >= 15 is 0 Å². The normalized spacial score (nSPS) is 17.5. The molecule has 7 nitrogen and oxygen atoms in total. The van der Waals surface area contributed by atoms with Crippen LogP contribution in [0.5, 0.6) is 0 Å². The summed E-state index contributed by atoms with van der Waals surface area (Å²) in [5.74, 6) is 0. The average Bonchev–Trinajstić information content (AvgIpc) is 2.98. The number of carbonyl (C=O) groups excluding carboxylic acids is 1. The molecule has 0 saturated carbocycles. The van der Waals surface area contributed by atoms with E-state index in [0.717, 1.165) is 25.9 Å². The van der Waals surface area contributed by atoms with Crippen molar-refractivity contribution >= 4 is 17.4 Å². The van der Waals surface area contributed by atoms with Crippen molar-refractivity contribution in [2.24, 2.45) is 0 Å². The maximum Gasteiger partial charge on any atom is 0.322 e. The van der Waals surface area contributed by atoms with Gasteiger partial charge in [-0.2, -0.15) is 0 Å². The van der Waals surface area contributed by atoms with Gasteiger partial charge in [-0.3, -0.25) is 10.1 Å². The summed E-state index contributed by atoms with van der Waals surface area (Å²) >= 11 is 0. The molecule has 1 aromatic rings. The van der Waals surface area contributed by atoms with Gasteiger partial charge in [0.05, 0.1) is 4.92 Å². The first-order valence-corrected chi connectivity index (χ1v) is 7.14. The standard InChI is InChI=1S/C14H20N4O3/c1-2-8-17(13-6-7-15-10-13)14(19)16-11-4-3-5-12(9-11)18(20)21/h3-5,9,13,15H,2,6-8,10H2,1H3,(H,16,19). The van der Waals surface area contributed by atoms with Gasteiger partial charge in [-0.15, -0.1) is 0 Å². The van der Waals surface area contributed by atoms with Crippen molar-refractivity contribution in [3.8, 4) is 0 Å². The molecule has 0 aromatic heterocycles. The molecule has 1 aliphatic heterocycles. The predicted molar refractivity (Wildman–Crippen MR) is 80.4 cm³/mol. The minimum Gasteiger partial charge on any atom is -0.320 e. The third kappa shape index (κ3) is 3.91. The highest BCUT2D eigenvalue weighted by molar-refractivity contribution is 5.90. The Bertz CT molecular complexity index is 515. The molecule has 1 atom stereocenters. The van der Waals surface area contributed by atoms with Crippen molar-refractivity contribution in [1.82, 2.24) is 10.2 Å². The number of nitrogens with zero attached hydrogens (tertiary/aromatic N) is 2. The number of non-ortho nitro benzene ring substituents is 1. The summed E-state index contributed by atoms with van der Waals surface area (Å²) in [5, 5.41) is 16.8. The van der Waals surface area contributed by atoms with Gasteiger partial charge in [0.25, 0.3) is 5.69 Å². The fraction of sp³-hybridized carbons (Fsp3) is 0.500. The van der Waals surface area contributed by atoms with Crippen LogP contribution in [0.1, 0.15) is 19.8 Å². The Morgan fingerprint density at radius 2 is 2.38 bits per heavy atom. The lowest BCUT2D eigenvalue weighted by atomic mass is 10.2. The topological polar surface area (TPSA) is 87.5 Å². The SMILES string of the molecule is CCCN(C(=O)Nc1cccc([N+](=O)[O-])c1)C1CCNC1. The molecular weight excluding hydrogens is 272 g/mol. The first kappa shape index (κ1) is 15.2. The Hall–Kier alpha value is -2.15. The number of urea groups is 1. The monoisotopic (exact) mass is 292 g/mol. The van der Waals surface area contributed by atoms with E-state index in [1.807, 2.05) is 6.92 Å². The van der Waals surface area contributed by atoms with Crippen LogP contribution >= 0.6 is 0 Å². The van der Waals surface area contributed by atoms with E-state index in [-0.39, 0.29) is 17.8 Å². The smallest absolute Gasteiger partial charge is 0.320 e. The Morgan fingerprint density at radius 1 is 1.57 bits per heavy atom. The molecule has 1 saturated heterocycles. The number of hydrogen-bond acceptors (Lipinski definition) is 4. The molecule has 1 fully saturated rings. The summed E-state index contributed by atoms with van der Waals surface area (Å²) in [4.78, 5) is 24.5. The molecule has 2 amide bonds. The number of anilines is 1. The highest BCUT2D eigenvalue weighted by atomic mass is 16.6. The molecule has 1 heterocycles. The average molecular weight is 292 g/mol. The largest absolute Gasteiger partial charge is 0.322 e. The van der Waals surface area contributed by atoms with Gasteiger partial charge >= 0.3 is 6.03 Å². The fourth-order valence-electron chi connectivity index (χ4n) is 2.49. The summed E-state index contributed by atoms with van der Waals surface area (Å²) in [7, 11) is 0. The van der Waals surface area contributed by atoms with Crippen LogP contribution in [-0.4, -0.2) is 41.5 Å². The quantitative estimate of drug-likeness (QED) is 0.643. The number of amides is 2. The van der Waals surface area contributed by atoms with Gasteiger partial charge in [-0.1, -0.05) is 13.0 Å². The van der Waals surface area contributed by atoms with E-state index in [1.54, 1.807) is 17.0 Å². The van der Waals surface area contributed by atoms with Crippen molar-refractivity contribution < 1.29 is 9.72 Å². The summed E-state index contributed by atoms with van der Waals surface area (Å²) in [6.07, 6.45) is 1.81. The van der Waals surface area contributed by atoms with Crippen molar-refractivity contribution in [2.75, 3.05) is 25.0 Å². The summed E-state index contributed by atoms with van der Waals surface area (Å²) in [5.41, 5.74) is 0.415. The summed E-state index contributed by atoms with van der Waals surface area (Å²) in [6.45, 7) is 4.40. The molecule has 7 heteroatoms. The first-order valence-electron chi connectivity index (χ1n) is 7.14. The van der Waals surface area contributed by atoms with Crippen LogP contribution in [0.25, 0.3) is 0 Å². The van der Waals surface area contributed by atoms with Gasteiger partial charge in [0.15, 0.2) is 0 Å². The Balaban J connectivity index is 2.07. The third-order valence-electron chi connectivity index (χ3n) is 3.51. The molecule has 1 aromatic carbocycles. The van der Waals surface area contributed by atoms with Gasteiger partial charge in [0.1, 0.15) is 0 Å². The van der Waals surface area contributed by atoms with E-state index in [9.17, 15) is 14.9 Å². The van der Waals surface area contributed by atoms with Crippen molar-refractivity contribution in [2.45, 2.75) is 25.8 Å². The second-order valence-corrected chi connectivity index (χ2v) is 5.08. The zero-order chi connectivity index (χ0) is 15.2. The molecule has 2 N–H and O–H groups in total. The Morgan fingerprint density at radius 3 is 3.00 bits per heavy atom. The van der Waals surface area contributed by atoms with Crippen molar-refractivity contribution in [1.29, 1.82) is 0 Å². The van der Waals surface area contributed by atoms with E-state index in [1.165, 1.54) is 12.1 Å². The molecule has 21 heavy (non-hydrogen) atoms. The van der Waals surface area contributed by atoms with Crippen LogP contribution in [0, 0.1) is 10.1 Å². The Labute approximate surface area is 123 Å². The molecule has 2 rings (SSSR count). The third-order valence-corrected chi connectivity index (χ3v) is 3.51. The van der Waals surface area contributed by atoms with Crippen LogP contribution in [-0.2, 0) is 0 Å². The van der Waals surface area contributed by atoms with Gasteiger partial charge < -0.3 is 15.5 Å². The zero-order valence-corrected chi connectivity index (χ0v) is 12.0. The molecule has 0 aliphatic carbocycles. The van der Waals surface area contributed by atoms with Crippen LogP contribution in [0.15, 0.2) is 24.3 Å². The molecule has 0 radical (unpaired) electrons. The van der Waals surface area contributed by atoms with Gasteiger partial charge in [0.2, 0.25) is 0 Å². The molecule has 114 valence electrons. The van der Waals surface area contributed by atoms with Gasteiger partial charge in [-0.05, 0) is 25.5 Å². The highest BCUT2D eigenvalue weighted by Crippen LogP contribution is 2.18. The summed E-state index contributed by atoms with van der Waals surface area (Å²) in [6, 6.07) is 5.97. The molecular formula is C14H20N4O3. The van der Waals surface area contributed by atoms with Crippen LogP contribution < -0.4 is 10.6 Å². The Kier molecular flexibility index (Phi) is 5.10. The minimum atomic E-state index is -0.472. The van der Waals surface area contributed by atoms with Crippen molar-refractivity contribution in [3.63, 3.8) is 0 Å². The van der Waals surface area contributed by atoms with Crippen LogP contribution in [0.3, 0.4) is 0 Å². The number of nitro groups is 1. The molecule has 0 spiro atoms. The van der Waals surface area contributed by atoms with Crippen molar-refractivity contribution in [3.05, 3.63) is 34.4 Å². The second kappa shape index (κ2) is 7.03. The van der Waals surface area contributed by atoms with E-state index < -0.39 is 4.92 Å². The lowest BCUT2D eigenvalue weighted by Crippen LogP contribution is -2.44. The van der Waals surface area contributed by atoms with Crippen LogP contribution in [0.2, 0.25) is 0 Å². The van der Waals surface area contributed by atoms with E-state index in [0.29, 0.717) is 12.2 Å². The zero-order valence-electron chi connectivity index (χ0n) is 12.0. The lowest BCUT2D eigenvalue weighted by Gasteiger charge is -2.28. The van der Waals surface area contributed by atoms with Crippen LogP contribution in [0.4, 0.5) is 16.2 Å². The predicted octanol–water partition coefficient (Wildman–Crippen LogP) is 2.20. The highest BCUT2D eigenvalue weighted by Gasteiger charge is 2.26. The fourth-order valence-corrected chi connectivity index (χ4v) is 2.49. The maximum absolute atomic E-state index is 12.4. The number of rotatable bonds is 5. The number of nitrogens with one attached hydrogen (secondary N) is 2. The number of carbonyl (C=O) groups is 1. The first-order chi connectivity index (χ1) is 10.1. The number of benzene rings is 1. The van der Waals surface area contributed by atoms with Gasteiger partial charge in [0, 0.05) is 37.0 Å². The lowest BCUT2D eigenvalue weighted by molar-refractivity contribution is -0.384. The molecule has 0 bridgehead atoms.